The summed E-state index contributed by atoms with van der Waals surface area (Å²) in [4.78, 5) is 0. The molecule has 4 heteroatoms. The van der Waals surface area contributed by atoms with Crippen molar-refractivity contribution in [3.63, 3.8) is 0 Å². The maximum absolute atomic E-state index is 12.3. The molecule has 3 atom stereocenters. The second-order valence-electron chi connectivity index (χ2n) is 3.07. The molecule has 1 aliphatic rings. The van der Waals surface area contributed by atoms with E-state index in [0.717, 1.165) is 0 Å². The van der Waals surface area contributed by atoms with Crippen molar-refractivity contribution in [3.8, 4) is 0 Å². The van der Waals surface area contributed by atoms with Gasteiger partial charge in [0.1, 0.15) is 0 Å². The van der Waals surface area contributed by atoms with Gasteiger partial charge in [-0.15, -0.1) is 0 Å². The zero-order chi connectivity index (χ0) is 8.97. The van der Waals surface area contributed by atoms with Crippen molar-refractivity contribution in [2.24, 2.45) is 5.92 Å². The fourth-order valence-corrected chi connectivity index (χ4v) is 1.53. The molecule has 1 saturated heterocycles. The van der Waals surface area contributed by atoms with E-state index < -0.39 is 6.67 Å². The molecule has 1 heterocycles. The van der Waals surface area contributed by atoms with E-state index in [1.165, 1.54) is 0 Å². The zero-order valence-electron chi connectivity index (χ0n) is 7.24. The van der Waals surface area contributed by atoms with Crippen LogP contribution in [0.5, 0.6) is 0 Å². The number of hydrogen-bond donors (Lipinski definition) is 1. The third-order valence-corrected chi connectivity index (χ3v) is 2.20. The third-order valence-electron chi connectivity index (χ3n) is 2.20. The summed E-state index contributed by atoms with van der Waals surface area (Å²) in [5, 5.41) is 8.84. The van der Waals surface area contributed by atoms with Crippen molar-refractivity contribution in [2.75, 3.05) is 13.3 Å². The Morgan fingerprint density at radius 1 is 1.75 bits per heavy atom. The second-order valence-corrected chi connectivity index (χ2v) is 3.07. The van der Waals surface area contributed by atoms with E-state index in [0.29, 0.717) is 6.42 Å². The quantitative estimate of drug-likeness (QED) is 0.616. The van der Waals surface area contributed by atoms with Crippen molar-refractivity contribution in [1.29, 1.82) is 0 Å². The molecule has 1 rings (SSSR count). The molecular weight excluding hydrogens is 158 g/mol. The summed E-state index contributed by atoms with van der Waals surface area (Å²) in [5.41, 5.74) is 0. The molecule has 2 nitrogen and oxygen atoms in total. The predicted molar refractivity (Wildman–Crippen MR) is 47.3 cm³/mol. The van der Waals surface area contributed by atoms with E-state index >= 15 is 0 Å². The van der Waals surface area contributed by atoms with E-state index in [9.17, 15) is 4.39 Å². The van der Waals surface area contributed by atoms with Gasteiger partial charge in [0.15, 0.2) is 0 Å². The fourth-order valence-electron chi connectivity index (χ4n) is 1.53. The van der Waals surface area contributed by atoms with Crippen LogP contribution in [0.15, 0.2) is 0 Å². The third kappa shape index (κ3) is 2.14. The summed E-state index contributed by atoms with van der Waals surface area (Å²) in [6.45, 7) is 3.32. The maximum atomic E-state index is 12.3. The van der Waals surface area contributed by atoms with Crippen LogP contribution >= 0.6 is 0 Å². The first-order valence-electron chi connectivity index (χ1n) is 4.27. The van der Waals surface area contributed by atoms with Crippen LogP contribution in [0.3, 0.4) is 0 Å². The van der Waals surface area contributed by atoms with Gasteiger partial charge in [-0.05, 0) is 0 Å². The van der Waals surface area contributed by atoms with Crippen LogP contribution in [-0.2, 0) is 4.74 Å². The summed E-state index contributed by atoms with van der Waals surface area (Å²) in [5.74, 6) is 1.76. The Hall–Kier alpha value is -0.215. The van der Waals surface area contributed by atoms with Crippen LogP contribution in [0.25, 0.3) is 0 Å². The van der Waals surface area contributed by atoms with Gasteiger partial charge < -0.3 is 0 Å². The molecule has 1 N–H and O–H groups in total. The van der Waals surface area contributed by atoms with Gasteiger partial charge in [0.05, 0.1) is 0 Å². The summed E-state index contributed by atoms with van der Waals surface area (Å²) in [7, 11) is 0. The topological polar surface area (TPSA) is 29.5 Å². The molecule has 0 aromatic carbocycles. The number of hydrogen-bond acceptors (Lipinski definition) is 2. The first-order valence-corrected chi connectivity index (χ1v) is 4.27. The molecule has 0 radical (unpaired) electrons. The molecular formula is C8H14BFO2. The van der Waals surface area contributed by atoms with Crippen LogP contribution in [0, 0.1) is 5.92 Å². The number of aliphatic hydroxyl groups is 1. The van der Waals surface area contributed by atoms with Crippen LogP contribution < -0.4 is 0 Å². The summed E-state index contributed by atoms with van der Waals surface area (Å²) in [6, 6.07) is -0.00657. The van der Waals surface area contributed by atoms with Gasteiger partial charge in [-0.3, -0.25) is 0 Å². The molecule has 0 amide bonds. The predicted octanol–water partition coefficient (Wildman–Crippen LogP) is 0.206. The molecule has 0 bridgehead atoms. The first-order chi connectivity index (χ1) is 5.81. The van der Waals surface area contributed by atoms with Crippen LogP contribution in [-0.4, -0.2) is 43.4 Å². The van der Waals surface area contributed by atoms with Crippen molar-refractivity contribution in [3.05, 3.63) is 0 Å². The van der Waals surface area contributed by atoms with Gasteiger partial charge in [-0.2, -0.15) is 0 Å². The summed E-state index contributed by atoms with van der Waals surface area (Å²) < 4.78 is 17.7. The van der Waals surface area contributed by atoms with E-state index in [1.807, 2.05) is 19.8 Å². The Morgan fingerprint density at radius 3 is 2.92 bits per heavy atom. The molecule has 12 heavy (non-hydrogen) atoms. The van der Waals surface area contributed by atoms with Crippen molar-refractivity contribution in [2.45, 2.75) is 25.5 Å². The summed E-state index contributed by atoms with van der Waals surface area (Å²) in [6.07, 6.45) is 0.377. The van der Waals surface area contributed by atoms with Crippen molar-refractivity contribution in [1.82, 2.24) is 0 Å². The molecule has 0 aromatic rings. The number of ether oxygens (including phenoxy) is 1. The van der Waals surface area contributed by atoms with Gasteiger partial charge in [-0.25, -0.2) is 0 Å². The van der Waals surface area contributed by atoms with Crippen LogP contribution in [0.4, 0.5) is 4.39 Å². The average molecular weight is 172 g/mol. The van der Waals surface area contributed by atoms with Gasteiger partial charge in [-0.1, -0.05) is 0 Å². The molecule has 0 aliphatic carbocycles. The van der Waals surface area contributed by atoms with Crippen molar-refractivity contribution < 1.29 is 14.2 Å². The molecule has 0 spiro atoms. The van der Waals surface area contributed by atoms with Gasteiger partial charge in [0, 0.05) is 0 Å². The molecule has 1 fully saturated rings. The van der Waals surface area contributed by atoms with Gasteiger partial charge >= 0.3 is 71.8 Å². The van der Waals surface area contributed by atoms with E-state index in [2.05, 4.69) is 0 Å². The Kier molecular flexibility index (Phi) is 3.89. The van der Waals surface area contributed by atoms with E-state index in [1.54, 1.807) is 0 Å². The SMILES string of the molecule is C/C=B\[C@H]1C[C@H](CF)[C@@H](CO)O1. The number of rotatable bonds is 3. The van der Waals surface area contributed by atoms with E-state index in [-0.39, 0.29) is 24.6 Å². The summed E-state index contributed by atoms with van der Waals surface area (Å²) >= 11 is 0. The van der Waals surface area contributed by atoms with Gasteiger partial charge in [0.2, 0.25) is 0 Å². The Bertz CT molecular complexity index is 151. The molecule has 68 valence electrons. The Morgan fingerprint density at radius 2 is 2.50 bits per heavy atom. The Labute approximate surface area is 72.6 Å². The standard InChI is InChI=1S/C8H14BFO2/c1-2-9-8-3-6(4-10)7(5-11)12-8/h2,6-8,11H,3-5H2,1H3/t6-,7-,8-/m1/s1. The molecule has 0 saturated carbocycles. The van der Waals surface area contributed by atoms with Gasteiger partial charge in [0.25, 0.3) is 0 Å². The minimum atomic E-state index is -0.403. The molecule has 0 unspecified atom stereocenters. The minimum absolute atomic E-state index is 0.00657. The zero-order valence-corrected chi connectivity index (χ0v) is 7.24. The monoisotopic (exact) mass is 172 g/mol. The average Bonchev–Trinajstić information content (AvgIpc) is 2.48. The first kappa shape index (κ1) is 9.87. The number of alkyl halides is 1. The van der Waals surface area contributed by atoms with E-state index in [4.69, 9.17) is 9.84 Å². The number of halogens is 1. The van der Waals surface area contributed by atoms with Crippen molar-refractivity contribution >= 4 is 12.9 Å². The molecule has 0 aromatic heterocycles. The fraction of sp³-hybridized carbons (Fsp3) is 0.875. The van der Waals surface area contributed by atoms with Crippen LogP contribution in [0.2, 0.25) is 0 Å². The number of aliphatic hydroxyl groups excluding tert-OH is 1. The Balaban J connectivity index is 2.47. The normalized spacial score (nSPS) is 35.8. The van der Waals surface area contributed by atoms with Crippen LogP contribution in [0.1, 0.15) is 13.3 Å². The second kappa shape index (κ2) is 4.72. The molecule has 1 aliphatic heterocycles.